The molecular formula is C7H13N5. The number of rotatable bonds is 4. The van der Waals surface area contributed by atoms with Crippen molar-refractivity contribution in [2.45, 2.75) is 26.7 Å². The summed E-state index contributed by atoms with van der Waals surface area (Å²) in [6, 6.07) is 0. The summed E-state index contributed by atoms with van der Waals surface area (Å²) in [5.74, 6) is 0.578. The van der Waals surface area contributed by atoms with E-state index in [1.54, 1.807) is 0 Å². The summed E-state index contributed by atoms with van der Waals surface area (Å²) in [4.78, 5) is 3.87. The Morgan fingerprint density at radius 3 is 2.83 bits per heavy atom. The van der Waals surface area contributed by atoms with Gasteiger partial charge in [-0.2, -0.15) is 15.2 Å². The molecule has 1 aromatic heterocycles. The lowest BCUT2D eigenvalue weighted by Crippen LogP contribution is -1.99. The van der Waals surface area contributed by atoms with E-state index in [0.717, 1.165) is 18.6 Å². The Hall–Kier alpha value is -1.39. The Morgan fingerprint density at radius 1 is 1.58 bits per heavy atom. The van der Waals surface area contributed by atoms with Gasteiger partial charge in [-0.3, -0.25) is 0 Å². The number of H-pyrrole nitrogens is 1. The summed E-state index contributed by atoms with van der Waals surface area (Å²) < 4.78 is 0. The second kappa shape index (κ2) is 4.48. The Balaban J connectivity index is 2.47. The lowest BCUT2D eigenvalue weighted by Gasteiger charge is -1.98. The first-order valence-corrected chi connectivity index (χ1v) is 4.03. The molecule has 0 saturated carbocycles. The largest absolute Gasteiger partial charge is 0.246 e. The number of aromatic nitrogens is 3. The lowest BCUT2D eigenvalue weighted by molar-refractivity contribution is 1.06. The van der Waals surface area contributed by atoms with E-state index in [1.807, 2.05) is 0 Å². The molecule has 12 heavy (non-hydrogen) atoms. The van der Waals surface area contributed by atoms with E-state index < -0.39 is 0 Å². The van der Waals surface area contributed by atoms with Gasteiger partial charge < -0.3 is 0 Å². The Labute approximate surface area is 71.3 Å². The second-order valence-corrected chi connectivity index (χ2v) is 2.33. The van der Waals surface area contributed by atoms with Gasteiger partial charge in [0.05, 0.1) is 0 Å². The zero-order valence-corrected chi connectivity index (χ0v) is 7.33. The van der Waals surface area contributed by atoms with E-state index in [4.69, 9.17) is 0 Å². The van der Waals surface area contributed by atoms with Gasteiger partial charge in [0.15, 0.2) is 0 Å². The van der Waals surface area contributed by atoms with Gasteiger partial charge in [-0.05, 0) is 12.8 Å². The molecule has 5 heteroatoms. The predicted octanol–water partition coefficient (Wildman–Crippen LogP) is 1.39. The topological polar surface area (TPSA) is 66.0 Å². The standard InChI is InChI=1S/C7H13N5/c1-3-6(4-2)10-12-7-8-5-9-11-7/h5H,3-4H2,1-2H3,(H2,8,9,11,12). The summed E-state index contributed by atoms with van der Waals surface area (Å²) in [5.41, 5.74) is 3.90. The van der Waals surface area contributed by atoms with Crippen molar-refractivity contribution in [3.8, 4) is 0 Å². The zero-order chi connectivity index (χ0) is 8.81. The molecule has 0 spiro atoms. The van der Waals surface area contributed by atoms with Crippen LogP contribution in [0, 0.1) is 0 Å². The molecule has 1 rings (SSSR count). The van der Waals surface area contributed by atoms with Crippen molar-refractivity contribution in [3.63, 3.8) is 0 Å². The van der Waals surface area contributed by atoms with Crippen molar-refractivity contribution < 1.29 is 0 Å². The molecule has 1 heterocycles. The van der Waals surface area contributed by atoms with Crippen molar-refractivity contribution in [2.24, 2.45) is 5.10 Å². The van der Waals surface area contributed by atoms with Crippen molar-refractivity contribution in [2.75, 3.05) is 5.43 Å². The highest BCUT2D eigenvalue weighted by molar-refractivity contribution is 5.84. The van der Waals surface area contributed by atoms with Crippen LogP contribution in [0.15, 0.2) is 11.4 Å². The van der Waals surface area contributed by atoms with Gasteiger partial charge in [-0.15, -0.1) is 0 Å². The summed E-state index contributed by atoms with van der Waals surface area (Å²) in [6.45, 7) is 4.15. The van der Waals surface area contributed by atoms with E-state index in [0.29, 0.717) is 5.95 Å². The van der Waals surface area contributed by atoms with Crippen LogP contribution in [-0.4, -0.2) is 20.9 Å². The number of hydrogen-bond acceptors (Lipinski definition) is 4. The summed E-state index contributed by atoms with van der Waals surface area (Å²) in [7, 11) is 0. The number of hydrazone groups is 1. The molecule has 5 nitrogen and oxygen atoms in total. The smallest absolute Gasteiger partial charge is 0.239 e. The Morgan fingerprint density at radius 2 is 2.33 bits per heavy atom. The van der Waals surface area contributed by atoms with Crippen molar-refractivity contribution in [3.05, 3.63) is 6.33 Å². The third-order valence-corrected chi connectivity index (χ3v) is 1.55. The molecule has 0 aliphatic rings. The fourth-order valence-electron chi connectivity index (χ4n) is 0.799. The predicted molar refractivity (Wildman–Crippen MR) is 48.0 cm³/mol. The quantitative estimate of drug-likeness (QED) is 0.526. The van der Waals surface area contributed by atoms with Crippen LogP contribution in [0.4, 0.5) is 5.95 Å². The van der Waals surface area contributed by atoms with Crippen LogP contribution in [0.25, 0.3) is 0 Å². The molecule has 0 fully saturated rings. The highest BCUT2D eigenvalue weighted by Crippen LogP contribution is 1.95. The van der Waals surface area contributed by atoms with Gasteiger partial charge in [0.1, 0.15) is 6.33 Å². The van der Waals surface area contributed by atoms with Crippen LogP contribution >= 0.6 is 0 Å². The molecule has 0 saturated heterocycles. The molecule has 66 valence electrons. The third-order valence-electron chi connectivity index (χ3n) is 1.55. The van der Waals surface area contributed by atoms with E-state index in [2.05, 4.69) is 39.6 Å². The summed E-state index contributed by atoms with van der Waals surface area (Å²) in [5, 5.41) is 10.5. The number of nitrogens with zero attached hydrogens (tertiary/aromatic N) is 3. The first kappa shape index (κ1) is 8.70. The Bertz CT molecular complexity index is 232. The normalized spacial score (nSPS) is 9.50. The monoisotopic (exact) mass is 167 g/mol. The summed E-state index contributed by atoms with van der Waals surface area (Å²) in [6.07, 6.45) is 3.35. The maximum atomic E-state index is 4.14. The van der Waals surface area contributed by atoms with Gasteiger partial charge in [-0.25, -0.2) is 10.5 Å². The maximum absolute atomic E-state index is 4.14. The van der Waals surface area contributed by atoms with Crippen LogP contribution in [0.1, 0.15) is 26.7 Å². The fourth-order valence-corrected chi connectivity index (χ4v) is 0.799. The highest BCUT2D eigenvalue weighted by Gasteiger charge is 1.93. The van der Waals surface area contributed by atoms with Gasteiger partial charge in [0, 0.05) is 5.71 Å². The van der Waals surface area contributed by atoms with E-state index in [-0.39, 0.29) is 0 Å². The molecule has 1 aromatic rings. The minimum Gasteiger partial charge on any atom is -0.246 e. The van der Waals surface area contributed by atoms with Crippen LogP contribution in [0.2, 0.25) is 0 Å². The van der Waals surface area contributed by atoms with Crippen LogP contribution in [-0.2, 0) is 0 Å². The van der Waals surface area contributed by atoms with Gasteiger partial charge in [0.25, 0.3) is 0 Å². The van der Waals surface area contributed by atoms with Crippen LogP contribution in [0.5, 0.6) is 0 Å². The molecule has 0 unspecified atom stereocenters. The first-order chi connectivity index (χ1) is 5.86. The van der Waals surface area contributed by atoms with E-state index in [9.17, 15) is 0 Å². The van der Waals surface area contributed by atoms with E-state index in [1.165, 1.54) is 6.33 Å². The number of hydrogen-bond donors (Lipinski definition) is 2. The molecule has 0 bridgehead atoms. The van der Waals surface area contributed by atoms with Crippen molar-refractivity contribution in [1.82, 2.24) is 15.2 Å². The average Bonchev–Trinajstić information content (AvgIpc) is 2.59. The molecule has 0 radical (unpaired) electrons. The van der Waals surface area contributed by atoms with Gasteiger partial charge in [-0.1, -0.05) is 13.8 Å². The minimum absolute atomic E-state index is 0.578. The minimum atomic E-state index is 0.578. The zero-order valence-electron chi connectivity index (χ0n) is 7.33. The van der Waals surface area contributed by atoms with Crippen LogP contribution < -0.4 is 5.43 Å². The number of nitrogens with one attached hydrogen (secondary N) is 2. The SMILES string of the molecule is CCC(CC)=NNc1ncn[nH]1. The average molecular weight is 167 g/mol. The van der Waals surface area contributed by atoms with E-state index >= 15 is 0 Å². The second-order valence-electron chi connectivity index (χ2n) is 2.33. The molecular weight excluding hydrogens is 154 g/mol. The van der Waals surface area contributed by atoms with Gasteiger partial charge >= 0.3 is 0 Å². The third kappa shape index (κ3) is 2.34. The molecule has 0 atom stereocenters. The summed E-state index contributed by atoms with van der Waals surface area (Å²) >= 11 is 0. The number of aromatic amines is 1. The van der Waals surface area contributed by atoms with Crippen molar-refractivity contribution in [1.29, 1.82) is 0 Å². The Kier molecular flexibility index (Phi) is 3.25. The van der Waals surface area contributed by atoms with Gasteiger partial charge in [0.2, 0.25) is 5.95 Å². The maximum Gasteiger partial charge on any atom is 0.239 e. The highest BCUT2D eigenvalue weighted by atomic mass is 15.4. The fraction of sp³-hybridized carbons (Fsp3) is 0.571. The molecule has 0 aliphatic heterocycles. The van der Waals surface area contributed by atoms with Crippen molar-refractivity contribution >= 4 is 11.7 Å². The van der Waals surface area contributed by atoms with Crippen LogP contribution in [0.3, 0.4) is 0 Å². The molecule has 0 amide bonds. The molecule has 2 N–H and O–H groups in total. The number of anilines is 1. The lowest BCUT2D eigenvalue weighted by atomic mass is 10.2. The molecule has 0 aromatic carbocycles. The molecule has 0 aliphatic carbocycles. The first-order valence-electron chi connectivity index (χ1n) is 4.03.